The van der Waals surface area contributed by atoms with Gasteiger partial charge in [-0.25, -0.2) is 8.78 Å². The highest BCUT2D eigenvalue weighted by Crippen LogP contribution is 2.24. The first-order chi connectivity index (χ1) is 17.1. The fourth-order valence-corrected chi connectivity index (χ4v) is 4.26. The minimum absolute atomic E-state index is 0.0225. The van der Waals surface area contributed by atoms with Crippen LogP contribution in [0.1, 0.15) is 46.9 Å². The van der Waals surface area contributed by atoms with Crippen LogP contribution in [0.4, 0.5) is 8.78 Å². The maximum Gasteiger partial charge on any atom is 0.141 e. The summed E-state index contributed by atoms with van der Waals surface area (Å²) in [5.41, 5.74) is 4.82. The van der Waals surface area contributed by atoms with Crippen LogP contribution in [0.5, 0.6) is 0 Å². The molecule has 176 valence electrons. The van der Waals surface area contributed by atoms with E-state index in [1.165, 1.54) is 17.7 Å². The average molecular weight is 467 g/mol. The van der Waals surface area contributed by atoms with Crippen LogP contribution in [0.15, 0.2) is 79.0 Å². The first-order valence-electron chi connectivity index (χ1n) is 12.0. The highest BCUT2D eigenvalue weighted by atomic mass is 19.1. The Labute approximate surface area is 205 Å². The predicted molar refractivity (Wildman–Crippen MR) is 137 cm³/mol. The molecule has 0 atom stereocenters. The summed E-state index contributed by atoms with van der Waals surface area (Å²) >= 11 is 0. The van der Waals surface area contributed by atoms with Crippen molar-refractivity contribution in [3.63, 3.8) is 0 Å². The van der Waals surface area contributed by atoms with Gasteiger partial charge in [0.2, 0.25) is 0 Å². The molecule has 0 unspecified atom stereocenters. The third-order valence-electron chi connectivity index (χ3n) is 6.33. The second kappa shape index (κ2) is 11.5. The number of aryl methyl sites for hydroxylation is 5. The molecule has 0 N–H and O–H groups in total. The molecule has 0 saturated heterocycles. The van der Waals surface area contributed by atoms with Crippen LogP contribution in [0, 0.1) is 23.0 Å². The molecule has 0 amide bonds. The first kappa shape index (κ1) is 24.3. The van der Waals surface area contributed by atoms with Crippen LogP contribution in [-0.2, 0) is 32.1 Å². The molecule has 1 heterocycles. The number of benzene rings is 3. The highest BCUT2D eigenvalue weighted by Gasteiger charge is 2.10. The number of nitrogens with zero attached hydrogens (tertiary/aromatic N) is 2. The van der Waals surface area contributed by atoms with E-state index in [0.717, 1.165) is 47.9 Å². The van der Waals surface area contributed by atoms with Gasteiger partial charge >= 0.3 is 0 Å². The molecular weight excluding hydrogens is 438 g/mol. The van der Waals surface area contributed by atoms with Gasteiger partial charge in [-0.15, -0.1) is 0 Å². The monoisotopic (exact) mass is 466 g/mol. The molecule has 0 aliphatic heterocycles. The summed E-state index contributed by atoms with van der Waals surface area (Å²) in [6.07, 6.45) is 10.9. The lowest BCUT2D eigenvalue weighted by Gasteiger charge is -2.09. The largest absolute Gasteiger partial charge is 0.261 e. The SMILES string of the molecule is C/C=C/CCc1ccc(CCc2ccc3c(F)c(CCc4ccc(C#N)c(F)c4)ccc3c2)nc1. The van der Waals surface area contributed by atoms with Gasteiger partial charge in [-0.3, -0.25) is 4.98 Å². The number of allylic oxidation sites excluding steroid dienone is 2. The van der Waals surface area contributed by atoms with Crippen LogP contribution in [-0.4, -0.2) is 4.98 Å². The number of hydrogen-bond acceptors (Lipinski definition) is 2. The third kappa shape index (κ3) is 6.19. The molecule has 0 fully saturated rings. The normalized spacial score (nSPS) is 11.3. The smallest absolute Gasteiger partial charge is 0.141 e. The van der Waals surface area contributed by atoms with E-state index in [9.17, 15) is 4.39 Å². The zero-order valence-corrected chi connectivity index (χ0v) is 19.9. The summed E-state index contributed by atoms with van der Waals surface area (Å²) in [5.74, 6) is -0.759. The van der Waals surface area contributed by atoms with Gasteiger partial charge in [0.1, 0.15) is 17.7 Å². The molecule has 4 aromatic rings. The van der Waals surface area contributed by atoms with Crippen molar-refractivity contribution in [1.82, 2.24) is 4.98 Å². The van der Waals surface area contributed by atoms with Gasteiger partial charge in [0, 0.05) is 17.3 Å². The second-order valence-corrected chi connectivity index (χ2v) is 8.79. The fourth-order valence-electron chi connectivity index (χ4n) is 4.26. The van der Waals surface area contributed by atoms with E-state index in [-0.39, 0.29) is 11.4 Å². The van der Waals surface area contributed by atoms with Crippen molar-refractivity contribution in [2.45, 2.75) is 45.4 Å². The number of fused-ring (bicyclic) bond motifs is 1. The van der Waals surface area contributed by atoms with Gasteiger partial charge in [-0.05, 0) is 91.3 Å². The average Bonchev–Trinajstić information content (AvgIpc) is 2.88. The van der Waals surface area contributed by atoms with E-state index in [0.29, 0.717) is 23.8 Å². The number of aromatic nitrogens is 1. The van der Waals surface area contributed by atoms with Gasteiger partial charge < -0.3 is 0 Å². The Morgan fingerprint density at radius 1 is 0.829 bits per heavy atom. The van der Waals surface area contributed by atoms with Gasteiger partial charge in [-0.1, -0.05) is 54.6 Å². The number of nitriles is 1. The second-order valence-electron chi connectivity index (χ2n) is 8.79. The van der Waals surface area contributed by atoms with Crippen LogP contribution < -0.4 is 0 Å². The third-order valence-corrected chi connectivity index (χ3v) is 6.33. The Hall–Kier alpha value is -3.84. The molecular formula is C31H28F2N2. The number of halogens is 2. The first-order valence-corrected chi connectivity index (χ1v) is 12.0. The minimum Gasteiger partial charge on any atom is -0.261 e. The predicted octanol–water partition coefficient (Wildman–Crippen LogP) is 7.46. The highest BCUT2D eigenvalue weighted by molar-refractivity contribution is 5.84. The molecule has 4 rings (SSSR count). The van der Waals surface area contributed by atoms with Gasteiger partial charge in [0.05, 0.1) is 5.56 Å². The van der Waals surface area contributed by atoms with Crippen molar-refractivity contribution < 1.29 is 8.78 Å². The maximum atomic E-state index is 15.2. The summed E-state index contributed by atoms with van der Waals surface area (Å²) in [5, 5.41) is 10.3. The Balaban J connectivity index is 1.39. The fraction of sp³-hybridized carbons (Fsp3) is 0.226. The quantitative estimate of drug-likeness (QED) is 0.240. The molecule has 2 nitrogen and oxygen atoms in total. The summed E-state index contributed by atoms with van der Waals surface area (Å²) in [7, 11) is 0. The van der Waals surface area contributed by atoms with Crippen molar-refractivity contribution in [3.05, 3.63) is 124 Å². The molecule has 1 aromatic heterocycles. The van der Waals surface area contributed by atoms with Crippen molar-refractivity contribution in [1.29, 1.82) is 5.26 Å². The number of rotatable bonds is 9. The Kier molecular flexibility index (Phi) is 8.00. The van der Waals surface area contributed by atoms with Crippen molar-refractivity contribution >= 4 is 10.8 Å². The molecule has 0 bridgehead atoms. The minimum atomic E-state index is -0.535. The molecule has 0 aliphatic carbocycles. The van der Waals surface area contributed by atoms with E-state index in [2.05, 4.69) is 29.3 Å². The van der Waals surface area contributed by atoms with Crippen molar-refractivity contribution in [2.24, 2.45) is 0 Å². The van der Waals surface area contributed by atoms with E-state index in [1.54, 1.807) is 6.07 Å². The lowest BCUT2D eigenvalue weighted by atomic mass is 9.97. The number of pyridine rings is 1. The van der Waals surface area contributed by atoms with E-state index in [1.807, 2.05) is 49.5 Å². The molecule has 0 aliphatic rings. The maximum absolute atomic E-state index is 15.2. The van der Waals surface area contributed by atoms with Crippen LogP contribution in [0.3, 0.4) is 0 Å². The zero-order chi connectivity index (χ0) is 24.6. The molecule has 0 radical (unpaired) electrons. The standard InChI is InChI=1S/C31H28F2N2/c1-2-3-4-5-24-9-16-28(35-21-24)15-8-22-10-17-29-26(18-22)14-13-25(31(29)33)11-6-23-7-12-27(20-34)30(32)19-23/h2-3,7,9-10,12-14,16-19,21H,4-6,8,11,15H2,1H3/b3-2+. The topological polar surface area (TPSA) is 36.7 Å². The van der Waals surface area contributed by atoms with E-state index < -0.39 is 5.82 Å². The molecule has 4 heteroatoms. The van der Waals surface area contributed by atoms with E-state index in [4.69, 9.17) is 5.26 Å². The summed E-state index contributed by atoms with van der Waals surface area (Å²) in [4.78, 5) is 4.60. The zero-order valence-electron chi connectivity index (χ0n) is 19.9. The molecule has 0 saturated carbocycles. The summed E-state index contributed by atoms with van der Waals surface area (Å²) in [6, 6.07) is 20.3. The van der Waals surface area contributed by atoms with Gasteiger partial charge in [-0.2, -0.15) is 5.26 Å². The summed E-state index contributed by atoms with van der Waals surface area (Å²) in [6.45, 7) is 2.03. The van der Waals surface area contributed by atoms with E-state index >= 15 is 4.39 Å². The lowest BCUT2D eigenvalue weighted by Crippen LogP contribution is -1.98. The molecule has 0 spiro atoms. The Morgan fingerprint density at radius 2 is 1.60 bits per heavy atom. The van der Waals surface area contributed by atoms with Crippen LogP contribution >= 0.6 is 0 Å². The van der Waals surface area contributed by atoms with Gasteiger partial charge in [0.25, 0.3) is 0 Å². The lowest BCUT2D eigenvalue weighted by molar-refractivity contribution is 0.616. The van der Waals surface area contributed by atoms with Crippen molar-refractivity contribution in [2.75, 3.05) is 0 Å². The van der Waals surface area contributed by atoms with Gasteiger partial charge in [0.15, 0.2) is 0 Å². The molecule has 35 heavy (non-hydrogen) atoms. The Bertz CT molecular complexity index is 1380. The summed E-state index contributed by atoms with van der Waals surface area (Å²) < 4.78 is 29.0. The number of hydrogen-bond donors (Lipinski definition) is 0. The van der Waals surface area contributed by atoms with Crippen molar-refractivity contribution in [3.8, 4) is 6.07 Å². The van der Waals surface area contributed by atoms with Crippen LogP contribution in [0.2, 0.25) is 0 Å². The molecule has 3 aromatic carbocycles. The Morgan fingerprint density at radius 3 is 2.34 bits per heavy atom. The van der Waals surface area contributed by atoms with Crippen LogP contribution in [0.25, 0.3) is 10.8 Å².